The molecule has 1 fully saturated rings. The van der Waals surface area contributed by atoms with Crippen molar-refractivity contribution in [3.8, 4) is 0 Å². The predicted octanol–water partition coefficient (Wildman–Crippen LogP) is -1.06. The molecule has 1 saturated heterocycles. The van der Waals surface area contributed by atoms with Gasteiger partial charge in [0.15, 0.2) is 0 Å². The monoisotopic (exact) mass is 162 g/mol. The highest BCUT2D eigenvalue weighted by atomic mass is 32.2. The number of rotatable bonds is 1. The fraction of sp³-hybridized carbons (Fsp3) is 0.750. The number of carbonyl (C=O) groups is 1. The molecule has 10 heavy (non-hydrogen) atoms. The second-order valence-electron chi connectivity index (χ2n) is 1.92. The number of nitrogens with zero attached hydrogens (tertiary/aromatic N) is 1. The first-order valence-corrected chi connectivity index (χ1v) is 3.81. The molecule has 0 saturated carbocycles. The second-order valence-corrected chi connectivity index (χ2v) is 2.56. The van der Waals surface area contributed by atoms with Crippen LogP contribution in [0.5, 0.6) is 0 Å². The molecule has 56 valence electrons. The lowest BCUT2D eigenvalue weighted by atomic mass is 10.3. The number of carbonyl (C=O) groups excluding carboxylic acids is 1. The molecule has 0 aromatic heterocycles. The van der Waals surface area contributed by atoms with Crippen molar-refractivity contribution >= 4 is 16.4 Å². The summed E-state index contributed by atoms with van der Waals surface area (Å²) in [5, 5.41) is 2.47. The Morgan fingerprint density at radius 3 is 2.70 bits per heavy atom. The van der Waals surface area contributed by atoms with Crippen LogP contribution in [0.25, 0.3) is 0 Å². The number of hydrogen-bond donors (Lipinski definition) is 1. The van der Waals surface area contributed by atoms with E-state index in [-0.39, 0.29) is 5.91 Å². The SMILES string of the molecule is O=C1NCCC1N=S(=O)=O. The summed E-state index contributed by atoms with van der Waals surface area (Å²) in [5.74, 6) is -0.302. The second kappa shape index (κ2) is 2.78. The summed E-state index contributed by atoms with van der Waals surface area (Å²) >= 11 is 0. The molecule has 1 atom stereocenters. The molecular formula is C4H6N2O3S. The smallest absolute Gasteiger partial charge is 0.311 e. The number of amides is 1. The van der Waals surface area contributed by atoms with Gasteiger partial charge in [0.05, 0.1) is 0 Å². The van der Waals surface area contributed by atoms with Crippen LogP contribution in [-0.2, 0) is 15.3 Å². The summed E-state index contributed by atoms with van der Waals surface area (Å²) in [6, 6.07) is -0.682. The minimum Gasteiger partial charge on any atom is -0.354 e. The summed E-state index contributed by atoms with van der Waals surface area (Å²) < 4.78 is 23.1. The Morgan fingerprint density at radius 1 is 1.60 bits per heavy atom. The van der Waals surface area contributed by atoms with E-state index in [1.54, 1.807) is 0 Å². The maximum atomic E-state index is 10.6. The standard InChI is InChI=1S/C4H6N2O3S/c7-4-3(1-2-5-4)6-10(8)9/h3H,1-2H2,(H,5,7). The first-order valence-electron chi connectivity index (χ1n) is 2.78. The Kier molecular flexibility index (Phi) is 2.00. The van der Waals surface area contributed by atoms with Crippen LogP contribution in [0.3, 0.4) is 0 Å². The van der Waals surface area contributed by atoms with Crippen molar-refractivity contribution in [2.75, 3.05) is 6.54 Å². The fourth-order valence-electron chi connectivity index (χ4n) is 0.785. The van der Waals surface area contributed by atoms with E-state index < -0.39 is 16.5 Å². The third-order valence-corrected chi connectivity index (χ3v) is 1.66. The summed E-state index contributed by atoms with van der Waals surface area (Å²) in [4.78, 5) is 10.6. The van der Waals surface area contributed by atoms with Crippen molar-refractivity contribution in [3.63, 3.8) is 0 Å². The number of hydrogen-bond acceptors (Lipinski definition) is 4. The van der Waals surface area contributed by atoms with Crippen LogP contribution < -0.4 is 5.32 Å². The van der Waals surface area contributed by atoms with E-state index in [9.17, 15) is 13.2 Å². The van der Waals surface area contributed by atoms with Gasteiger partial charge < -0.3 is 5.32 Å². The molecule has 1 unspecified atom stereocenters. The molecule has 0 aliphatic carbocycles. The zero-order chi connectivity index (χ0) is 7.56. The van der Waals surface area contributed by atoms with Gasteiger partial charge in [-0.1, -0.05) is 0 Å². The summed E-state index contributed by atoms with van der Waals surface area (Å²) in [7, 11) is -2.46. The van der Waals surface area contributed by atoms with Crippen LogP contribution in [0.2, 0.25) is 0 Å². The van der Waals surface area contributed by atoms with Crippen LogP contribution in [0, 0.1) is 0 Å². The average molecular weight is 162 g/mol. The Labute approximate surface area is 59.1 Å². The first-order chi connectivity index (χ1) is 4.70. The topological polar surface area (TPSA) is 75.6 Å². The number of nitrogens with one attached hydrogen (secondary N) is 1. The van der Waals surface area contributed by atoms with Crippen LogP contribution in [-0.4, -0.2) is 26.9 Å². The third-order valence-electron chi connectivity index (χ3n) is 1.23. The zero-order valence-corrected chi connectivity index (χ0v) is 5.89. The van der Waals surface area contributed by atoms with Gasteiger partial charge in [-0.15, -0.1) is 0 Å². The van der Waals surface area contributed by atoms with Gasteiger partial charge in [-0.2, -0.15) is 12.8 Å². The molecule has 1 N–H and O–H groups in total. The minimum absolute atomic E-state index is 0.302. The van der Waals surface area contributed by atoms with E-state index in [1.165, 1.54) is 0 Å². The van der Waals surface area contributed by atoms with Gasteiger partial charge in [0, 0.05) is 6.54 Å². The molecular weight excluding hydrogens is 156 g/mol. The normalized spacial score (nSPS) is 24.0. The van der Waals surface area contributed by atoms with E-state index in [4.69, 9.17) is 0 Å². The van der Waals surface area contributed by atoms with Gasteiger partial charge in [-0.3, -0.25) is 4.79 Å². The maximum absolute atomic E-state index is 10.6. The van der Waals surface area contributed by atoms with Crippen LogP contribution in [0.4, 0.5) is 0 Å². The summed E-state index contributed by atoms with van der Waals surface area (Å²) in [6.07, 6.45) is 0.479. The molecule has 1 rings (SSSR count). The molecule has 1 heterocycles. The van der Waals surface area contributed by atoms with Crippen molar-refractivity contribution in [1.82, 2.24) is 5.32 Å². The van der Waals surface area contributed by atoms with Crippen LogP contribution in [0.1, 0.15) is 6.42 Å². The van der Waals surface area contributed by atoms with Crippen LogP contribution in [0.15, 0.2) is 4.36 Å². The van der Waals surface area contributed by atoms with E-state index in [0.29, 0.717) is 13.0 Å². The van der Waals surface area contributed by atoms with Gasteiger partial charge in [-0.25, -0.2) is 0 Å². The van der Waals surface area contributed by atoms with Gasteiger partial charge in [0.25, 0.3) is 0 Å². The third kappa shape index (κ3) is 1.53. The lowest BCUT2D eigenvalue weighted by molar-refractivity contribution is -0.120. The van der Waals surface area contributed by atoms with Crippen molar-refractivity contribution < 1.29 is 13.2 Å². The van der Waals surface area contributed by atoms with E-state index in [0.717, 1.165) is 0 Å². The van der Waals surface area contributed by atoms with E-state index in [2.05, 4.69) is 9.68 Å². The highest BCUT2D eigenvalue weighted by Crippen LogP contribution is 2.02. The Hall–Kier alpha value is -0.910. The average Bonchev–Trinajstić information content (AvgIpc) is 2.15. The highest BCUT2D eigenvalue weighted by molar-refractivity contribution is 7.61. The predicted molar refractivity (Wildman–Crippen MR) is 32.8 cm³/mol. The van der Waals surface area contributed by atoms with Crippen molar-refractivity contribution in [1.29, 1.82) is 0 Å². The van der Waals surface area contributed by atoms with Gasteiger partial charge in [0.1, 0.15) is 6.04 Å². The minimum atomic E-state index is -2.46. The fourth-order valence-corrected chi connectivity index (χ4v) is 1.19. The Morgan fingerprint density at radius 2 is 2.30 bits per heavy atom. The molecule has 0 radical (unpaired) electrons. The highest BCUT2D eigenvalue weighted by Gasteiger charge is 2.23. The quantitative estimate of drug-likeness (QED) is 0.533. The Bertz CT molecular complexity index is 260. The van der Waals surface area contributed by atoms with Gasteiger partial charge in [0.2, 0.25) is 5.91 Å². The maximum Gasteiger partial charge on any atom is 0.311 e. The molecule has 0 bridgehead atoms. The van der Waals surface area contributed by atoms with Gasteiger partial charge in [-0.05, 0) is 6.42 Å². The van der Waals surface area contributed by atoms with Crippen molar-refractivity contribution in [3.05, 3.63) is 0 Å². The largest absolute Gasteiger partial charge is 0.354 e. The molecule has 0 aromatic rings. The summed E-state index contributed by atoms with van der Waals surface area (Å²) in [6.45, 7) is 0.518. The first kappa shape index (κ1) is 7.20. The van der Waals surface area contributed by atoms with Crippen molar-refractivity contribution in [2.45, 2.75) is 12.5 Å². The molecule has 1 aliphatic heterocycles. The molecule has 5 nitrogen and oxygen atoms in total. The Balaban J connectivity index is 2.75. The summed E-state index contributed by atoms with van der Waals surface area (Å²) in [5.41, 5.74) is 0. The van der Waals surface area contributed by atoms with E-state index >= 15 is 0 Å². The molecule has 0 spiro atoms. The molecule has 6 heteroatoms. The van der Waals surface area contributed by atoms with Crippen LogP contribution >= 0.6 is 0 Å². The van der Waals surface area contributed by atoms with Crippen molar-refractivity contribution in [2.24, 2.45) is 4.36 Å². The molecule has 0 aromatic carbocycles. The lowest BCUT2D eigenvalue weighted by Crippen LogP contribution is -2.21. The lowest BCUT2D eigenvalue weighted by Gasteiger charge is -1.90. The van der Waals surface area contributed by atoms with E-state index in [1.807, 2.05) is 0 Å². The molecule has 1 aliphatic rings. The zero-order valence-electron chi connectivity index (χ0n) is 5.07. The molecule has 1 amide bonds. The van der Waals surface area contributed by atoms with Gasteiger partial charge >= 0.3 is 10.5 Å².